The van der Waals surface area contributed by atoms with E-state index in [0.29, 0.717) is 33.2 Å². The van der Waals surface area contributed by atoms with Crippen molar-refractivity contribution in [3.05, 3.63) is 47.7 Å². The molecule has 98 valence electrons. The number of imidazole rings is 1. The number of phenols is 1. The van der Waals surface area contributed by atoms with E-state index in [1.165, 1.54) is 0 Å². The number of benzene rings is 1. The van der Waals surface area contributed by atoms with E-state index in [0.717, 1.165) is 0 Å². The highest BCUT2D eigenvalue weighted by molar-refractivity contribution is 6.29. The third-order valence-corrected chi connectivity index (χ3v) is 3.32. The van der Waals surface area contributed by atoms with Gasteiger partial charge in [-0.15, -0.1) is 0 Å². The van der Waals surface area contributed by atoms with Crippen LogP contribution in [0.15, 0.2) is 47.0 Å². The van der Waals surface area contributed by atoms with Crippen molar-refractivity contribution in [2.24, 2.45) is 0 Å². The lowest BCUT2D eigenvalue weighted by Gasteiger charge is -1.97. The number of halogens is 1. The van der Waals surface area contributed by atoms with Gasteiger partial charge in [0, 0.05) is 0 Å². The summed E-state index contributed by atoms with van der Waals surface area (Å²) in [7, 11) is 0. The second-order valence-electron chi connectivity index (χ2n) is 4.37. The first-order valence-corrected chi connectivity index (χ1v) is 6.32. The van der Waals surface area contributed by atoms with Crippen LogP contribution < -0.4 is 0 Å². The van der Waals surface area contributed by atoms with Crippen molar-refractivity contribution in [3.8, 4) is 17.2 Å². The molecule has 0 amide bonds. The molecule has 0 aliphatic rings. The molecule has 3 aromatic heterocycles. The molecule has 0 saturated carbocycles. The Balaban J connectivity index is 2.01. The molecule has 4 aromatic rings. The van der Waals surface area contributed by atoms with E-state index in [1.807, 2.05) is 0 Å². The minimum absolute atomic E-state index is 0.178. The maximum atomic E-state index is 9.82. The van der Waals surface area contributed by atoms with Gasteiger partial charge in [0.2, 0.25) is 0 Å². The molecule has 3 heterocycles. The summed E-state index contributed by atoms with van der Waals surface area (Å²) in [4.78, 5) is 4.25. The second-order valence-corrected chi connectivity index (χ2v) is 4.76. The third-order valence-electron chi connectivity index (χ3n) is 3.12. The lowest BCUT2D eigenvalue weighted by atomic mass is 10.2. The molecule has 0 fully saturated rings. The first-order valence-electron chi connectivity index (χ1n) is 5.94. The molecule has 0 aliphatic carbocycles. The molecule has 20 heavy (non-hydrogen) atoms. The summed E-state index contributed by atoms with van der Waals surface area (Å²) in [5, 5.41) is 15.0. The molecule has 5 nitrogen and oxygen atoms in total. The molecule has 0 radical (unpaired) electrons. The van der Waals surface area contributed by atoms with Crippen LogP contribution in [0.25, 0.3) is 28.1 Å². The minimum atomic E-state index is 0.178. The lowest BCUT2D eigenvalue weighted by Crippen LogP contribution is -1.93. The summed E-state index contributed by atoms with van der Waals surface area (Å²) < 4.78 is 7.35. The number of hydrogen-bond donors (Lipinski definition) is 1. The smallest absolute Gasteiger partial charge is 0.155 e. The van der Waals surface area contributed by atoms with Gasteiger partial charge in [0.05, 0.1) is 11.6 Å². The van der Waals surface area contributed by atoms with Crippen molar-refractivity contribution in [1.29, 1.82) is 0 Å². The molecule has 0 atom stereocenters. The summed E-state index contributed by atoms with van der Waals surface area (Å²) >= 11 is 5.91. The Bertz CT molecular complexity index is 942. The Morgan fingerprint density at radius 1 is 1.20 bits per heavy atom. The van der Waals surface area contributed by atoms with Crippen LogP contribution in [0.1, 0.15) is 0 Å². The number of fused-ring (bicyclic) bond motifs is 2. The first kappa shape index (κ1) is 11.3. The van der Waals surface area contributed by atoms with E-state index < -0.39 is 0 Å². The van der Waals surface area contributed by atoms with E-state index >= 15 is 0 Å². The zero-order chi connectivity index (χ0) is 13.7. The maximum absolute atomic E-state index is 9.82. The summed E-state index contributed by atoms with van der Waals surface area (Å²) in [6.45, 7) is 0. The summed E-state index contributed by atoms with van der Waals surface area (Å²) in [5.74, 6) is 0.751. The van der Waals surface area contributed by atoms with E-state index in [1.54, 1.807) is 47.1 Å². The van der Waals surface area contributed by atoms with E-state index in [2.05, 4.69) is 10.1 Å². The predicted molar refractivity (Wildman–Crippen MR) is 74.9 cm³/mol. The van der Waals surface area contributed by atoms with Gasteiger partial charge in [0.15, 0.2) is 11.4 Å². The average molecular weight is 286 g/mol. The van der Waals surface area contributed by atoms with Crippen LogP contribution >= 0.6 is 11.6 Å². The number of phenolic OH excluding ortho intramolecular Hbond substituents is 1. The van der Waals surface area contributed by atoms with Crippen LogP contribution in [0, 0.1) is 0 Å². The van der Waals surface area contributed by atoms with Gasteiger partial charge in [-0.05, 0) is 30.3 Å². The van der Waals surface area contributed by atoms with Crippen LogP contribution in [0.2, 0.25) is 5.15 Å². The molecule has 0 unspecified atom stereocenters. The van der Waals surface area contributed by atoms with Gasteiger partial charge in [-0.3, -0.25) is 0 Å². The molecule has 0 aliphatic heterocycles. The SMILES string of the molecule is Oc1cccc2oc(-c3cnc4ccc(Cl)nn34)cc12. The topological polar surface area (TPSA) is 63.6 Å². The van der Waals surface area contributed by atoms with E-state index in [9.17, 15) is 5.11 Å². The van der Waals surface area contributed by atoms with Crippen molar-refractivity contribution >= 4 is 28.2 Å². The summed E-state index contributed by atoms with van der Waals surface area (Å²) in [6.07, 6.45) is 1.66. The van der Waals surface area contributed by atoms with Crippen molar-refractivity contribution in [1.82, 2.24) is 14.6 Å². The number of furan rings is 1. The van der Waals surface area contributed by atoms with Gasteiger partial charge in [0.25, 0.3) is 0 Å². The van der Waals surface area contributed by atoms with Crippen molar-refractivity contribution in [2.45, 2.75) is 0 Å². The third kappa shape index (κ3) is 1.57. The van der Waals surface area contributed by atoms with Gasteiger partial charge < -0.3 is 9.52 Å². The molecule has 0 saturated heterocycles. The first-order chi connectivity index (χ1) is 9.72. The van der Waals surface area contributed by atoms with Crippen LogP contribution in [-0.2, 0) is 0 Å². The average Bonchev–Trinajstić information content (AvgIpc) is 3.02. The molecule has 4 rings (SSSR count). The highest BCUT2D eigenvalue weighted by atomic mass is 35.5. The van der Waals surface area contributed by atoms with Gasteiger partial charge in [0.1, 0.15) is 22.2 Å². The largest absolute Gasteiger partial charge is 0.507 e. The summed E-state index contributed by atoms with van der Waals surface area (Å²) in [5.41, 5.74) is 1.96. The number of hydrogen-bond acceptors (Lipinski definition) is 4. The van der Waals surface area contributed by atoms with Gasteiger partial charge in [-0.1, -0.05) is 17.7 Å². The Hall–Kier alpha value is -2.53. The van der Waals surface area contributed by atoms with Crippen molar-refractivity contribution < 1.29 is 9.52 Å². The van der Waals surface area contributed by atoms with Crippen LogP contribution in [0.3, 0.4) is 0 Å². The van der Waals surface area contributed by atoms with E-state index in [-0.39, 0.29) is 5.75 Å². The quantitative estimate of drug-likeness (QED) is 0.581. The van der Waals surface area contributed by atoms with E-state index in [4.69, 9.17) is 16.0 Å². The lowest BCUT2D eigenvalue weighted by molar-refractivity contribution is 0.481. The number of aromatic hydroxyl groups is 1. The predicted octanol–water partition coefficient (Wildman–Crippen LogP) is 3.50. The van der Waals surface area contributed by atoms with Gasteiger partial charge in [-0.25, -0.2) is 9.50 Å². The molecular weight excluding hydrogens is 278 g/mol. The van der Waals surface area contributed by atoms with Crippen molar-refractivity contribution in [3.63, 3.8) is 0 Å². The maximum Gasteiger partial charge on any atom is 0.155 e. The zero-order valence-corrected chi connectivity index (χ0v) is 10.9. The fourth-order valence-corrected chi connectivity index (χ4v) is 2.33. The molecule has 6 heteroatoms. The van der Waals surface area contributed by atoms with Crippen molar-refractivity contribution in [2.75, 3.05) is 0 Å². The Morgan fingerprint density at radius 3 is 2.95 bits per heavy atom. The molecule has 0 bridgehead atoms. The molecule has 0 spiro atoms. The highest BCUT2D eigenvalue weighted by Crippen LogP contribution is 2.32. The zero-order valence-electron chi connectivity index (χ0n) is 10.1. The van der Waals surface area contributed by atoms with Crippen LogP contribution in [0.5, 0.6) is 5.75 Å². The number of nitrogens with zero attached hydrogens (tertiary/aromatic N) is 3. The van der Waals surface area contributed by atoms with Gasteiger partial charge >= 0.3 is 0 Å². The summed E-state index contributed by atoms with van der Waals surface area (Å²) in [6, 6.07) is 10.4. The Labute approximate surface area is 118 Å². The highest BCUT2D eigenvalue weighted by Gasteiger charge is 2.14. The normalized spacial score (nSPS) is 11.4. The fraction of sp³-hybridized carbons (Fsp3) is 0. The van der Waals surface area contributed by atoms with Crippen LogP contribution in [0.4, 0.5) is 0 Å². The number of rotatable bonds is 1. The second kappa shape index (κ2) is 3.98. The molecular formula is C14H8ClN3O2. The van der Waals surface area contributed by atoms with Gasteiger partial charge in [-0.2, -0.15) is 5.10 Å². The Morgan fingerprint density at radius 2 is 2.10 bits per heavy atom. The monoisotopic (exact) mass is 285 g/mol. The standard InChI is InChI=1S/C14H8ClN3O2/c15-13-4-5-14-16-7-9(18(14)17-13)12-6-8-10(19)2-1-3-11(8)20-12/h1-7,19H. The Kier molecular flexibility index (Phi) is 2.25. The fourth-order valence-electron chi connectivity index (χ4n) is 2.19. The van der Waals surface area contributed by atoms with Crippen LogP contribution in [-0.4, -0.2) is 19.7 Å². The number of aromatic nitrogens is 3. The minimum Gasteiger partial charge on any atom is -0.507 e. The molecule has 1 N–H and O–H groups in total. The molecule has 1 aromatic carbocycles.